The summed E-state index contributed by atoms with van der Waals surface area (Å²) in [5, 5.41) is 18.8. The van der Waals surface area contributed by atoms with Crippen LogP contribution < -0.4 is 0 Å². The summed E-state index contributed by atoms with van der Waals surface area (Å²) >= 11 is 6.16. The van der Waals surface area contributed by atoms with E-state index in [2.05, 4.69) is 15.2 Å². The number of benzene rings is 2. The maximum atomic E-state index is 10.4. The Balaban J connectivity index is 2.03. The Kier molecular flexibility index (Phi) is 3.03. The summed E-state index contributed by atoms with van der Waals surface area (Å²) in [4.78, 5) is 4.43. The highest BCUT2D eigenvalue weighted by molar-refractivity contribution is 6.31. The van der Waals surface area contributed by atoms with Gasteiger partial charge in [-0.2, -0.15) is 0 Å². The molecule has 0 unspecified atom stereocenters. The number of rotatable bonds is 1. The lowest BCUT2D eigenvalue weighted by molar-refractivity contribution is 0.177. The summed E-state index contributed by atoms with van der Waals surface area (Å²) in [7, 11) is 0. The van der Waals surface area contributed by atoms with Gasteiger partial charge < -0.3 is 5.11 Å². The highest BCUT2D eigenvalue weighted by Crippen LogP contribution is 2.29. The summed E-state index contributed by atoms with van der Waals surface area (Å²) in [5.41, 5.74) is 3.25. The molecule has 1 N–H and O–H groups in total. The van der Waals surface area contributed by atoms with Gasteiger partial charge in [-0.05, 0) is 18.2 Å². The molecule has 4 rings (SSSR count). The summed E-state index contributed by atoms with van der Waals surface area (Å²) in [6.07, 6.45) is 0.484. The Hall–Kier alpha value is -2.50. The van der Waals surface area contributed by atoms with Gasteiger partial charge in [0.05, 0.1) is 11.4 Å². The predicted molar refractivity (Wildman–Crippen MR) is 83.4 cm³/mol. The molecule has 0 saturated carbocycles. The van der Waals surface area contributed by atoms with E-state index in [0.717, 1.165) is 16.8 Å². The highest BCUT2D eigenvalue weighted by Gasteiger charge is 2.24. The average Bonchev–Trinajstić information content (AvgIpc) is 2.99. The zero-order valence-corrected chi connectivity index (χ0v) is 12.1. The van der Waals surface area contributed by atoms with Crippen LogP contribution in [-0.2, 0) is 0 Å². The lowest BCUT2D eigenvalue weighted by Gasteiger charge is -2.11. The normalized spacial score (nSPS) is 16.5. The van der Waals surface area contributed by atoms with Crippen LogP contribution in [-0.4, -0.2) is 25.6 Å². The van der Waals surface area contributed by atoms with Gasteiger partial charge >= 0.3 is 0 Å². The van der Waals surface area contributed by atoms with E-state index in [9.17, 15) is 5.11 Å². The molecule has 1 aliphatic rings. The lowest BCUT2D eigenvalue weighted by Crippen LogP contribution is -2.06. The van der Waals surface area contributed by atoms with Gasteiger partial charge in [0.15, 0.2) is 5.82 Å². The maximum absolute atomic E-state index is 10.4. The molecular formula is C16H11ClN4O. The van der Waals surface area contributed by atoms with Crippen LogP contribution in [0.3, 0.4) is 0 Å². The molecular weight excluding hydrogens is 300 g/mol. The quantitative estimate of drug-likeness (QED) is 0.751. The Morgan fingerprint density at radius 1 is 1.09 bits per heavy atom. The van der Waals surface area contributed by atoms with Gasteiger partial charge in [0.1, 0.15) is 6.33 Å². The molecule has 0 saturated heterocycles. The van der Waals surface area contributed by atoms with Gasteiger partial charge in [-0.15, -0.1) is 10.2 Å². The predicted octanol–water partition coefficient (Wildman–Crippen LogP) is 2.76. The Morgan fingerprint density at radius 2 is 1.91 bits per heavy atom. The molecule has 0 radical (unpaired) electrons. The Labute approximate surface area is 131 Å². The van der Waals surface area contributed by atoms with Gasteiger partial charge in [-0.3, -0.25) is 4.57 Å². The second-order valence-corrected chi connectivity index (χ2v) is 5.37. The molecule has 2 aromatic carbocycles. The van der Waals surface area contributed by atoms with E-state index in [1.54, 1.807) is 17.0 Å². The van der Waals surface area contributed by atoms with E-state index < -0.39 is 6.23 Å². The molecule has 0 bridgehead atoms. The third-order valence-corrected chi connectivity index (χ3v) is 3.81. The lowest BCUT2D eigenvalue weighted by atomic mass is 10.0. The van der Waals surface area contributed by atoms with Crippen LogP contribution in [0.4, 0.5) is 0 Å². The van der Waals surface area contributed by atoms with Gasteiger partial charge in [0.2, 0.25) is 6.23 Å². The van der Waals surface area contributed by atoms with Gasteiger partial charge in [-0.1, -0.05) is 41.9 Å². The fourth-order valence-electron chi connectivity index (χ4n) is 2.59. The van der Waals surface area contributed by atoms with Crippen molar-refractivity contribution in [2.45, 2.75) is 6.23 Å². The first-order valence-corrected chi connectivity index (χ1v) is 7.13. The van der Waals surface area contributed by atoms with Crippen molar-refractivity contribution in [1.82, 2.24) is 14.8 Å². The first-order valence-electron chi connectivity index (χ1n) is 6.75. The number of hydrogen-bond acceptors (Lipinski definition) is 4. The van der Waals surface area contributed by atoms with Crippen LogP contribution in [0.25, 0.3) is 5.69 Å². The van der Waals surface area contributed by atoms with Crippen molar-refractivity contribution in [3.8, 4) is 5.69 Å². The molecule has 2 heterocycles. The Bertz CT molecular complexity index is 873. The molecule has 0 amide bonds. The monoisotopic (exact) mass is 310 g/mol. The van der Waals surface area contributed by atoms with Crippen molar-refractivity contribution >= 4 is 17.3 Å². The molecule has 0 spiro atoms. The number of aliphatic hydroxyl groups excluding tert-OH is 1. The highest BCUT2D eigenvalue weighted by atomic mass is 35.5. The van der Waals surface area contributed by atoms with Gasteiger partial charge in [0, 0.05) is 16.1 Å². The number of aliphatic hydroxyl groups is 1. The van der Waals surface area contributed by atoms with Gasteiger partial charge in [-0.25, -0.2) is 4.99 Å². The van der Waals surface area contributed by atoms with Gasteiger partial charge in [0.25, 0.3) is 0 Å². The Morgan fingerprint density at radius 3 is 2.73 bits per heavy atom. The van der Waals surface area contributed by atoms with Crippen LogP contribution in [0.1, 0.15) is 23.2 Å². The molecule has 5 nitrogen and oxygen atoms in total. The molecule has 0 fully saturated rings. The van der Waals surface area contributed by atoms with E-state index in [1.807, 2.05) is 42.5 Å². The number of fused-ring (bicyclic) bond motifs is 3. The molecule has 1 aliphatic heterocycles. The standard InChI is InChI=1S/C16H11ClN4O/c17-11-6-7-13-12(8-11)14(10-4-2-1-3-5-10)19-16(22)15-20-18-9-21(13)15/h1-9,16,22H/t16-/m0/s1. The second kappa shape index (κ2) is 5.05. The van der Waals surface area contributed by atoms with Crippen LogP contribution >= 0.6 is 11.6 Å². The summed E-state index contributed by atoms with van der Waals surface area (Å²) in [6.45, 7) is 0. The summed E-state index contributed by atoms with van der Waals surface area (Å²) in [5.74, 6) is 0.384. The van der Waals surface area contributed by atoms with Crippen molar-refractivity contribution in [1.29, 1.82) is 0 Å². The minimum atomic E-state index is -1.08. The largest absolute Gasteiger partial charge is 0.365 e. The first-order chi connectivity index (χ1) is 10.7. The van der Waals surface area contributed by atoms with E-state index in [4.69, 9.17) is 11.6 Å². The fourth-order valence-corrected chi connectivity index (χ4v) is 2.76. The minimum absolute atomic E-state index is 0.384. The summed E-state index contributed by atoms with van der Waals surface area (Å²) < 4.78 is 1.73. The molecule has 3 aromatic rings. The zero-order valence-electron chi connectivity index (χ0n) is 11.4. The van der Waals surface area contributed by atoms with E-state index in [1.165, 1.54) is 0 Å². The van der Waals surface area contributed by atoms with Crippen LogP contribution in [0, 0.1) is 0 Å². The molecule has 1 atom stereocenters. The summed E-state index contributed by atoms with van der Waals surface area (Å²) in [6, 6.07) is 15.2. The number of aliphatic imine (C=N–C) groups is 1. The van der Waals surface area contributed by atoms with Crippen molar-refractivity contribution in [2.24, 2.45) is 4.99 Å². The minimum Gasteiger partial charge on any atom is -0.365 e. The van der Waals surface area contributed by atoms with Crippen molar-refractivity contribution in [2.75, 3.05) is 0 Å². The SMILES string of the molecule is O[C@@H]1N=C(c2ccccc2)c2cc(Cl)ccc2-n2cnnc21. The molecule has 1 aromatic heterocycles. The number of aromatic nitrogens is 3. The number of nitrogens with zero attached hydrogens (tertiary/aromatic N) is 4. The third-order valence-electron chi connectivity index (χ3n) is 3.58. The van der Waals surface area contributed by atoms with Crippen molar-refractivity contribution in [3.05, 3.63) is 76.8 Å². The fraction of sp³-hybridized carbons (Fsp3) is 0.0625. The van der Waals surface area contributed by atoms with E-state index >= 15 is 0 Å². The smallest absolute Gasteiger partial charge is 0.207 e. The molecule has 108 valence electrons. The van der Waals surface area contributed by atoms with Crippen LogP contribution in [0.2, 0.25) is 5.02 Å². The van der Waals surface area contributed by atoms with Crippen LogP contribution in [0.5, 0.6) is 0 Å². The number of hydrogen-bond donors (Lipinski definition) is 1. The van der Waals surface area contributed by atoms with Crippen LogP contribution in [0.15, 0.2) is 59.9 Å². The third kappa shape index (κ3) is 2.03. The second-order valence-electron chi connectivity index (χ2n) is 4.94. The molecule has 0 aliphatic carbocycles. The number of halogens is 1. The van der Waals surface area contributed by atoms with E-state index in [0.29, 0.717) is 16.6 Å². The molecule has 22 heavy (non-hydrogen) atoms. The van der Waals surface area contributed by atoms with Crippen molar-refractivity contribution in [3.63, 3.8) is 0 Å². The topological polar surface area (TPSA) is 63.3 Å². The molecule has 6 heteroatoms. The van der Waals surface area contributed by atoms with Crippen molar-refractivity contribution < 1.29 is 5.11 Å². The average molecular weight is 311 g/mol. The zero-order chi connectivity index (χ0) is 15.1. The maximum Gasteiger partial charge on any atom is 0.207 e. The first kappa shape index (κ1) is 13.2. The van der Waals surface area contributed by atoms with E-state index in [-0.39, 0.29) is 0 Å².